The molecule has 30 heavy (non-hydrogen) atoms. The highest BCUT2D eigenvalue weighted by Crippen LogP contribution is 2.22. The number of amides is 2. The Morgan fingerprint density at radius 1 is 1.27 bits per heavy atom. The molecule has 0 bridgehead atoms. The van der Waals surface area contributed by atoms with Gasteiger partial charge in [-0.2, -0.15) is 5.10 Å². The van der Waals surface area contributed by atoms with E-state index in [-0.39, 0.29) is 5.56 Å². The summed E-state index contributed by atoms with van der Waals surface area (Å²) in [6.45, 7) is 7.19. The van der Waals surface area contributed by atoms with Crippen molar-refractivity contribution in [1.29, 1.82) is 0 Å². The summed E-state index contributed by atoms with van der Waals surface area (Å²) in [6.07, 6.45) is 1.37. The fourth-order valence-electron chi connectivity index (χ4n) is 2.91. The molecule has 9 heteroatoms. The Labute approximate surface area is 177 Å². The maximum atomic E-state index is 13.2. The van der Waals surface area contributed by atoms with Gasteiger partial charge in [0.1, 0.15) is 5.75 Å². The van der Waals surface area contributed by atoms with E-state index >= 15 is 0 Å². The zero-order chi connectivity index (χ0) is 22.5. The molecule has 0 aliphatic rings. The molecule has 4 N–H and O–H groups in total. The second kappa shape index (κ2) is 9.45. The fourth-order valence-corrected chi connectivity index (χ4v) is 2.91. The number of methoxy groups -OCH3 is 1. The minimum atomic E-state index is -0.722. The van der Waals surface area contributed by atoms with E-state index in [1.807, 2.05) is 0 Å². The van der Waals surface area contributed by atoms with Crippen LogP contribution in [0.3, 0.4) is 0 Å². The summed E-state index contributed by atoms with van der Waals surface area (Å²) in [6, 6.07) is 9.83. The first-order chi connectivity index (χ1) is 14.1. The van der Waals surface area contributed by atoms with Crippen molar-refractivity contribution in [3.05, 3.63) is 58.7 Å². The molecule has 2 aromatic rings. The van der Waals surface area contributed by atoms with Gasteiger partial charge in [-0.15, -0.1) is 0 Å². The normalized spacial score (nSPS) is 11.3. The third kappa shape index (κ3) is 4.98. The Hall–Kier alpha value is -3.33. The van der Waals surface area contributed by atoms with Crippen molar-refractivity contribution in [2.75, 3.05) is 7.11 Å². The van der Waals surface area contributed by atoms with Gasteiger partial charge in [0.25, 0.3) is 11.8 Å². The zero-order valence-electron chi connectivity index (χ0n) is 17.8. The molecule has 0 saturated carbocycles. The molecule has 0 aliphatic carbocycles. The third-order valence-electron chi connectivity index (χ3n) is 4.52. The average Bonchev–Trinajstić information content (AvgIpc) is 2.71. The van der Waals surface area contributed by atoms with E-state index in [0.29, 0.717) is 27.9 Å². The fraction of sp³-hybridized carbons (Fsp3) is 0.286. The number of carbonyl (C=O) groups is 2. The number of benzene rings is 2. The number of rotatable bonds is 5. The average molecular weight is 409 g/mol. The minimum Gasteiger partial charge on any atom is -0.496 e. The van der Waals surface area contributed by atoms with Crippen LogP contribution in [0.5, 0.6) is 5.75 Å². The van der Waals surface area contributed by atoms with Crippen molar-refractivity contribution in [2.24, 2.45) is 10.9 Å². The van der Waals surface area contributed by atoms with E-state index in [1.165, 1.54) is 24.4 Å². The highest BCUT2D eigenvalue weighted by atomic mass is 16.5. The van der Waals surface area contributed by atoms with E-state index in [9.17, 15) is 14.6 Å². The van der Waals surface area contributed by atoms with Crippen LogP contribution in [0.2, 0.25) is 0 Å². The van der Waals surface area contributed by atoms with Gasteiger partial charge < -0.3 is 15.6 Å². The second-order valence-electron chi connectivity index (χ2n) is 7.64. The van der Waals surface area contributed by atoms with Gasteiger partial charge in [0.15, 0.2) is 0 Å². The third-order valence-corrected chi connectivity index (χ3v) is 4.52. The second-order valence-corrected chi connectivity index (χ2v) is 7.64. The first-order valence-electron chi connectivity index (χ1n) is 9.28. The number of hydrazine groups is 1. The van der Waals surface area contributed by atoms with Crippen molar-refractivity contribution in [3.63, 3.8) is 0 Å². The molecule has 8 nitrogen and oxygen atoms in total. The Morgan fingerprint density at radius 3 is 2.53 bits per heavy atom. The minimum absolute atomic E-state index is 0.280. The number of nitrogens with one attached hydrogen (secondary N) is 1. The molecule has 1 radical (unpaired) electrons. The van der Waals surface area contributed by atoms with Gasteiger partial charge in [0.05, 0.1) is 18.9 Å². The highest BCUT2D eigenvalue weighted by molar-refractivity contribution is 6.47. The molecule has 0 fully saturated rings. The van der Waals surface area contributed by atoms with Crippen LogP contribution in [0.25, 0.3) is 0 Å². The molecule has 0 atom stereocenters. The number of hydrazone groups is 1. The van der Waals surface area contributed by atoms with Gasteiger partial charge in [-0.25, -0.2) is 5.01 Å². The summed E-state index contributed by atoms with van der Waals surface area (Å²) in [5, 5.41) is 14.2. The number of hydrogen-bond acceptors (Lipinski definition) is 6. The van der Waals surface area contributed by atoms with Gasteiger partial charge in [-0.1, -0.05) is 18.2 Å². The maximum absolute atomic E-state index is 13.2. The van der Waals surface area contributed by atoms with E-state index in [1.54, 1.807) is 58.0 Å². The van der Waals surface area contributed by atoms with Gasteiger partial charge >= 0.3 is 7.48 Å². The molecule has 2 rings (SSSR count). The Morgan fingerprint density at radius 2 is 1.97 bits per heavy atom. The largest absolute Gasteiger partial charge is 0.496 e. The van der Waals surface area contributed by atoms with E-state index < -0.39 is 17.4 Å². The van der Waals surface area contributed by atoms with Crippen LogP contribution in [0.1, 0.15) is 52.6 Å². The smallest absolute Gasteiger partial charge is 0.327 e. The molecule has 0 aliphatic heterocycles. The lowest BCUT2D eigenvalue weighted by atomic mass is 9.83. The number of carbonyl (C=O) groups excluding carboxylic acids is 2. The summed E-state index contributed by atoms with van der Waals surface area (Å²) >= 11 is 0. The summed E-state index contributed by atoms with van der Waals surface area (Å²) < 4.78 is 5.27. The summed E-state index contributed by atoms with van der Waals surface area (Å²) in [5.41, 5.74) is 4.26. The van der Waals surface area contributed by atoms with Crippen molar-refractivity contribution >= 4 is 31.0 Å². The maximum Gasteiger partial charge on any atom is 0.327 e. The van der Waals surface area contributed by atoms with Gasteiger partial charge in [-0.3, -0.25) is 15.0 Å². The van der Waals surface area contributed by atoms with Crippen LogP contribution in [0.4, 0.5) is 0 Å². The first kappa shape index (κ1) is 23.0. The molecule has 0 unspecified atom stereocenters. The quantitative estimate of drug-likeness (QED) is 0.296. The lowest BCUT2D eigenvalue weighted by Crippen LogP contribution is -2.56. The van der Waals surface area contributed by atoms with Crippen LogP contribution < -0.4 is 21.5 Å². The molecule has 0 spiro atoms. The molecular formula is C21H26BN4O4. The Bertz CT molecular complexity index is 970. The van der Waals surface area contributed by atoms with Gasteiger partial charge in [0.2, 0.25) is 0 Å². The monoisotopic (exact) mass is 409 g/mol. The molecule has 0 aromatic heterocycles. The molecule has 2 amide bonds. The number of ether oxygens (including phenoxy) is 1. The number of nitrogens with two attached hydrogens (primary N) is 1. The first-order valence-corrected chi connectivity index (χ1v) is 9.28. The lowest BCUT2D eigenvalue weighted by molar-refractivity contribution is 0.0358. The zero-order valence-corrected chi connectivity index (χ0v) is 17.8. The summed E-state index contributed by atoms with van der Waals surface area (Å²) in [5.74, 6) is 4.88. The van der Waals surface area contributed by atoms with E-state index in [4.69, 9.17) is 10.6 Å². The van der Waals surface area contributed by atoms with Crippen LogP contribution in [-0.4, -0.2) is 48.2 Å². The van der Waals surface area contributed by atoms with Crippen LogP contribution in [0, 0.1) is 6.92 Å². The van der Waals surface area contributed by atoms with Gasteiger partial charge in [-0.05, 0) is 56.9 Å². The Kier molecular flexibility index (Phi) is 7.23. The van der Waals surface area contributed by atoms with Crippen LogP contribution >= 0.6 is 0 Å². The standard InChI is InChI=1S/C21H26BN4O4/c1-13-16(7-6-8-18(13)30-5)19(27)25-26(21(2,3)4)20(28)14-9-10-15(12-24-23)17(11-14)22-29/h6-12,29H,23H2,1-5H3,(H,25,27)/b24-12-. The van der Waals surface area contributed by atoms with Crippen molar-refractivity contribution in [1.82, 2.24) is 10.4 Å². The van der Waals surface area contributed by atoms with Crippen LogP contribution in [-0.2, 0) is 0 Å². The van der Waals surface area contributed by atoms with Crippen LogP contribution in [0.15, 0.2) is 41.5 Å². The molecule has 0 heterocycles. The molecule has 0 saturated heterocycles. The Balaban J connectivity index is 2.39. The van der Waals surface area contributed by atoms with E-state index in [0.717, 1.165) is 7.48 Å². The SMILES string of the molecule is COc1cccc(C(=O)NN(C(=O)c2ccc(/C=N\N)c([B]O)c2)C(C)(C)C)c1C. The number of nitrogens with zero attached hydrogens (tertiary/aromatic N) is 2. The molecule has 157 valence electrons. The molecular weight excluding hydrogens is 383 g/mol. The van der Waals surface area contributed by atoms with Crippen molar-refractivity contribution < 1.29 is 19.3 Å². The van der Waals surface area contributed by atoms with E-state index in [2.05, 4.69) is 10.5 Å². The van der Waals surface area contributed by atoms with Gasteiger partial charge in [0, 0.05) is 16.7 Å². The highest BCUT2D eigenvalue weighted by Gasteiger charge is 2.30. The molecule has 2 aromatic carbocycles. The summed E-state index contributed by atoms with van der Waals surface area (Å²) in [4.78, 5) is 26.2. The van der Waals surface area contributed by atoms with Crippen molar-refractivity contribution in [3.8, 4) is 5.75 Å². The number of hydrogen-bond donors (Lipinski definition) is 3. The summed E-state index contributed by atoms with van der Waals surface area (Å²) in [7, 11) is 2.40. The lowest BCUT2D eigenvalue weighted by Gasteiger charge is -2.35. The topological polar surface area (TPSA) is 117 Å². The predicted molar refractivity (Wildman–Crippen MR) is 117 cm³/mol. The van der Waals surface area contributed by atoms with Crippen molar-refractivity contribution in [2.45, 2.75) is 33.2 Å². The predicted octanol–water partition coefficient (Wildman–Crippen LogP) is 1.12.